The zero-order valence-electron chi connectivity index (χ0n) is 14.7. The molecule has 0 aliphatic rings. The second kappa shape index (κ2) is 7.96. The Morgan fingerprint density at radius 3 is 2.73 bits per heavy atom. The van der Waals surface area contributed by atoms with Crippen molar-refractivity contribution in [1.29, 1.82) is 0 Å². The van der Waals surface area contributed by atoms with Crippen molar-refractivity contribution in [3.05, 3.63) is 46.7 Å². The predicted octanol–water partition coefficient (Wildman–Crippen LogP) is 2.29. The number of carbonyl (C=O) groups is 1. The minimum Gasteiger partial charge on any atom is -0.493 e. The van der Waals surface area contributed by atoms with Crippen LogP contribution in [0.15, 0.2) is 30.6 Å². The van der Waals surface area contributed by atoms with Gasteiger partial charge >= 0.3 is 0 Å². The van der Waals surface area contributed by atoms with Crippen LogP contribution in [0.3, 0.4) is 0 Å². The molecule has 1 aromatic carbocycles. The number of benzene rings is 1. The Morgan fingerprint density at radius 2 is 2.04 bits per heavy atom. The van der Waals surface area contributed by atoms with Crippen LogP contribution >= 0.6 is 11.3 Å². The van der Waals surface area contributed by atoms with E-state index in [2.05, 4.69) is 20.6 Å². The second-order valence-electron chi connectivity index (χ2n) is 5.63. The Hall–Kier alpha value is -2.94. The van der Waals surface area contributed by atoms with Gasteiger partial charge in [0.05, 0.1) is 20.4 Å². The van der Waals surface area contributed by atoms with E-state index in [0.717, 1.165) is 16.1 Å². The molecule has 2 heterocycles. The maximum absolute atomic E-state index is 12.0. The number of carbonyl (C=O) groups excluding carboxylic acids is 1. The van der Waals surface area contributed by atoms with Crippen LogP contribution in [0.5, 0.6) is 11.5 Å². The molecule has 0 atom stereocenters. The van der Waals surface area contributed by atoms with Gasteiger partial charge in [-0.2, -0.15) is 5.10 Å². The van der Waals surface area contributed by atoms with Crippen LogP contribution in [0.25, 0.3) is 0 Å². The van der Waals surface area contributed by atoms with E-state index in [1.807, 2.05) is 31.3 Å². The molecule has 2 aromatic heterocycles. The topological polar surface area (TPSA) is 91.2 Å². The highest BCUT2D eigenvalue weighted by Gasteiger charge is 2.11. The number of rotatable bonds is 7. The first-order valence-corrected chi connectivity index (χ1v) is 8.71. The molecule has 0 aliphatic carbocycles. The molecule has 136 valence electrons. The van der Waals surface area contributed by atoms with Crippen molar-refractivity contribution in [3.63, 3.8) is 0 Å². The lowest BCUT2D eigenvalue weighted by Gasteiger charge is -2.08. The van der Waals surface area contributed by atoms with E-state index in [9.17, 15) is 4.79 Å². The van der Waals surface area contributed by atoms with Crippen LogP contribution in [0.4, 0.5) is 5.13 Å². The molecule has 0 spiro atoms. The third-order valence-corrected chi connectivity index (χ3v) is 4.42. The molecule has 26 heavy (non-hydrogen) atoms. The lowest BCUT2D eigenvalue weighted by Crippen LogP contribution is -2.18. The molecular weight excluding hydrogens is 354 g/mol. The van der Waals surface area contributed by atoms with Crippen LogP contribution in [-0.2, 0) is 17.8 Å². The smallest absolute Gasteiger partial charge is 0.247 e. The number of amides is 1. The first-order chi connectivity index (χ1) is 12.6. The molecule has 3 aromatic rings. The molecule has 3 rings (SSSR count). The quantitative estimate of drug-likeness (QED) is 0.683. The summed E-state index contributed by atoms with van der Waals surface area (Å²) in [6.45, 7) is 2.06. The fraction of sp³-hybridized carbons (Fsp3) is 0.294. The van der Waals surface area contributed by atoms with Gasteiger partial charge in [0.25, 0.3) is 0 Å². The molecule has 0 fully saturated rings. The van der Waals surface area contributed by atoms with Gasteiger partial charge in [-0.3, -0.25) is 14.8 Å². The fourth-order valence-corrected chi connectivity index (χ4v) is 3.19. The van der Waals surface area contributed by atoms with Crippen molar-refractivity contribution in [2.45, 2.75) is 19.9 Å². The van der Waals surface area contributed by atoms with Crippen molar-refractivity contribution >= 4 is 22.4 Å². The van der Waals surface area contributed by atoms with Gasteiger partial charge in [-0.15, -0.1) is 10.2 Å². The Bertz CT molecular complexity index is 905. The van der Waals surface area contributed by atoms with E-state index in [4.69, 9.17) is 9.47 Å². The summed E-state index contributed by atoms with van der Waals surface area (Å²) >= 11 is 1.34. The van der Waals surface area contributed by atoms with Crippen molar-refractivity contribution in [3.8, 4) is 11.5 Å². The van der Waals surface area contributed by atoms with Crippen molar-refractivity contribution in [2.24, 2.45) is 0 Å². The molecule has 0 bridgehead atoms. The summed E-state index contributed by atoms with van der Waals surface area (Å²) in [6.07, 6.45) is 4.11. The lowest BCUT2D eigenvalue weighted by molar-refractivity contribution is -0.116. The number of ether oxygens (including phenoxy) is 2. The van der Waals surface area contributed by atoms with Crippen molar-refractivity contribution in [1.82, 2.24) is 20.0 Å². The first kappa shape index (κ1) is 17.9. The summed E-state index contributed by atoms with van der Waals surface area (Å²) in [5.74, 6) is 1.15. The number of aryl methyl sites for hydroxylation is 1. The van der Waals surface area contributed by atoms with Gasteiger partial charge in [0, 0.05) is 12.6 Å². The van der Waals surface area contributed by atoms with Gasteiger partial charge in [0.1, 0.15) is 11.6 Å². The van der Waals surface area contributed by atoms with Gasteiger partial charge < -0.3 is 9.47 Å². The van der Waals surface area contributed by atoms with E-state index >= 15 is 0 Å². The van der Waals surface area contributed by atoms with E-state index in [-0.39, 0.29) is 12.5 Å². The van der Waals surface area contributed by atoms with E-state index in [1.165, 1.54) is 11.3 Å². The first-order valence-electron chi connectivity index (χ1n) is 7.89. The zero-order chi connectivity index (χ0) is 18.5. The highest BCUT2D eigenvalue weighted by molar-refractivity contribution is 7.15. The number of nitrogens with one attached hydrogen (secondary N) is 1. The average Bonchev–Trinajstić information content (AvgIpc) is 3.23. The largest absolute Gasteiger partial charge is 0.493 e. The number of anilines is 1. The normalized spacial score (nSPS) is 10.6. The molecule has 0 radical (unpaired) electrons. The standard InChI is InChI=1S/C17H19N5O3S/c1-11-8-18-22(9-11)10-15(23)19-17-21-20-16(26-17)7-12-4-5-13(24-2)14(6-12)25-3/h4-6,8-9H,7,10H2,1-3H3,(H,19,21,23). The molecule has 1 N–H and O–H groups in total. The summed E-state index contributed by atoms with van der Waals surface area (Å²) in [5, 5.41) is 16.3. The third kappa shape index (κ3) is 4.37. The average molecular weight is 373 g/mol. The molecule has 1 amide bonds. The summed E-state index contributed by atoms with van der Waals surface area (Å²) < 4.78 is 12.1. The minimum absolute atomic E-state index is 0.137. The second-order valence-corrected chi connectivity index (χ2v) is 6.69. The minimum atomic E-state index is -0.193. The Balaban J connectivity index is 1.61. The maximum Gasteiger partial charge on any atom is 0.247 e. The number of methoxy groups -OCH3 is 2. The molecule has 8 nitrogen and oxygen atoms in total. The summed E-state index contributed by atoms with van der Waals surface area (Å²) in [7, 11) is 3.20. The molecule has 0 aliphatic heterocycles. The third-order valence-electron chi connectivity index (χ3n) is 3.58. The molecule has 0 saturated carbocycles. The van der Waals surface area contributed by atoms with Crippen LogP contribution in [-0.4, -0.2) is 40.1 Å². The van der Waals surface area contributed by atoms with Gasteiger partial charge in [-0.05, 0) is 30.2 Å². The number of nitrogens with zero attached hydrogens (tertiary/aromatic N) is 4. The van der Waals surface area contributed by atoms with Crippen molar-refractivity contribution < 1.29 is 14.3 Å². The molecule has 0 unspecified atom stereocenters. The number of hydrogen-bond acceptors (Lipinski definition) is 7. The molecule has 9 heteroatoms. The Kier molecular flexibility index (Phi) is 5.47. The Morgan fingerprint density at radius 1 is 1.23 bits per heavy atom. The molecule has 0 saturated heterocycles. The van der Waals surface area contributed by atoms with Gasteiger partial charge in [-0.25, -0.2) is 0 Å². The van der Waals surface area contributed by atoms with E-state index < -0.39 is 0 Å². The van der Waals surface area contributed by atoms with E-state index in [0.29, 0.717) is 23.1 Å². The van der Waals surface area contributed by atoms with E-state index in [1.54, 1.807) is 25.1 Å². The monoisotopic (exact) mass is 373 g/mol. The van der Waals surface area contributed by atoms with Gasteiger partial charge in [0.15, 0.2) is 11.5 Å². The van der Waals surface area contributed by atoms with Gasteiger partial charge in [-0.1, -0.05) is 17.4 Å². The van der Waals surface area contributed by atoms with Gasteiger partial charge in [0.2, 0.25) is 11.0 Å². The fourth-order valence-electron chi connectivity index (χ4n) is 2.40. The highest BCUT2D eigenvalue weighted by Crippen LogP contribution is 2.29. The van der Waals surface area contributed by atoms with Crippen LogP contribution < -0.4 is 14.8 Å². The van der Waals surface area contributed by atoms with Crippen LogP contribution in [0, 0.1) is 6.92 Å². The summed E-state index contributed by atoms with van der Waals surface area (Å²) in [5.41, 5.74) is 2.02. The highest BCUT2D eigenvalue weighted by atomic mass is 32.1. The summed E-state index contributed by atoms with van der Waals surface area (Å²) in [6, 6.07) is 5.70. The SMILES string of the molecule is COc1ccc(Cc2nnc(NC(=O)Cn3cc(C)cn3)s2)cc1OC. The summed E-state index contributed by atoms with van der Waals surface area (Å²) in [4.78, 5) is 12.0. The van der Waals surface area contributed by atoms with Crippen LogP contribution in [0.1, 0.15) is 16.1 Å². The maximum atomic E-state index is 12.0. The number of hydrogen-bond donors (Lipinski definition) is 1. The van der Waals surface area contributed by atoms with Crippen LogP contribution in [0.2, 0.25) is 0 Å². The molecular formula is C17H19N5O3S. The number of aromatic nitrogens is 4. The zero-order valence-corrected chi connectivity index (χ0v) is 15.5. The van der Waals surface area contributed by atoms with Crippen molar-refractivity contribution in [2.75, 3.05) is 19.5 Å². The Labute approximate surface area is 154 Å². The predicted molar refractivity (Wildman–Crippen MR) is 97.9 cm³/mol. The lowest BCUT2D eigenvalue weighted by atomic mass is 10.1.